The number of carbonyl (C=O) groups is 1. The van der Waals surface area contributed by atoms with Crippen molar-refractivity contribution >= 4 is 5.97 Å². The van der Waals surface area contributed by atoms with Crippen molar-refractivity contribution in [2.75, 3.05) is 19.7 Å². The first-order valence-electron chi connectivity index (χ1n) is 7.00. The molecule has 0 N–H and O–H groups in total. The highest BCUT2D eigenvalue weighted by atomic mass is 16.5. The van der Waals surface area contributed by atoms with Crippen molar-refractivity contribution in [2.45, 2.75) is 39.8 Å². The van der Waals surface area contributed by atoms with E-state index in [-0.39, 0.29) is 11.9 Å². The van der Waals surface area contributed by atoms with Crippen molar-refractivity contribution in [3.63, 3.8) is 0 Å². The molecule has 106 valence electrons. The maximum Gasteiger partial charge on any atom is 0.310 e. The van der Waals surface area contributed by atoms with E-state index in [0.29, 0.717) is 6.61 Å². The highest BCUT2D eigenvalue weighted by Crippen LogP contribution is 2.19. The molecule has 0 unspecified atom stereocenters. The third kappa shape index (κ3) is 3.53. The first-order valence-corrected chi connectivity index (χ1v) is 7.00. The lowest BCUT2D eigenvalue weighted by atomic mass is 9.98. The van der Waals surface area contributed by atoms with Gasteiger partial charge in [0.15, 0.2) is 0 Å². The minimum atomic E-state index is -0.0656. The normalized spacial score (nSPS) is 20.4. The van der Waals surface area contributed by atoms with Gasteiger partial charge in [-0.2, -0.15) is 5.10 Å². The number of aryl methyl sites for hydroxylation is 1. The monoisotopic (exact) mass is 266 g/mol. The zero-order valence-corrected chi connectivity index (χ0v) is 11.7. The predicted octanol–water partition coefficient (Wildman–Crippen LogP) is 1.07. The van der Waals surface area contributed by atoms with Crippen LogP contribution >= 0.6 is 0 Å². The number of rotatable bonds is 5. The van der Waals surface area contributed by atoms with E-state index in [1.54, 1.807) is 6.33 Å². The fraction of sp³-hybridized carbons (Fsp3) is 0.769. The molecule has 1 fully saturated rings. The van der Waals surface area contributed by atoms with Gasteiger partial charge in [-0.05, 0) is 33.2 Å². The number of likely N-dealkylation sites (tertiary alicyclic amines) is 1. The number of piperidine rings is 1. The summed E-state index contributed by atoms with van der Waals surface area (Å²) in [5.41, 5.74) is 0. The van der Waals surface area contributed by atoms with Gasteiger partial charge in [0.1, 0.15) is 12.2 Å². The molecule has 2 heterocycles. The van der Waals surface area contributed by atoms with Crippen LogP contribution in [0.1, 0.15) is 32.5 Å². The lowest BCUT2D eigenvalue weighted by Gasteiger charge is -2.31. The number of aromatic nitrogens is 3. The van der Waals surface area contributed by atoms with E-state index < -0.39 is 0 Å². The average Bonchev–Trinajstić information content (AvgIpc) is 2.86. The van der Waals surface area contributed by atoms with Crippen LogP contribution in [0.15, 0.2) is 6.33 Å². The van der Waals surface area contributed by atoms with Gasteiger partial charge in [-0.15, -0.1) is 0 Å². The van der Waals surface area contributed by atoms with Crippen molar-refractivity contribution in [1.82, 2.24) is 19.7 Å². The van der Waals surface area contributed by atoms with E-state index in [0.717, 1.165) is 44.8 Å². The van der Waals surface area contributed by atoms with Crippen LogP contribution in [-0.4, -0.2) is 45.3 Å². The Morgan fingerprint density at radius 2 is 2.37 bits per heavy atom. The molecule has 0 saturated carbocycles. The molecule has 0 aromatic carbocycles. The summed E-state index contributed by atoms with van der Waals surface area (Å²) >= 11 is 0. The standard InChI is InChI=1S/C13H22N4O2/c1-3-17-12(14-10-15-17)9-16-7-5-6-11(8-16)13(18)19-4-2/h10-11H,3-9H2,1-2H3/t11-/m0/s1. The largest absolute Gasteiger partial charge is 0.466 e. The van der Waals surface area contributed by atoms with Gasteiger partial charge in [0.2, 0.25) is 0 Å². The SMILES string of the molecule is CCOC(=O)[C@H]1CCCN(Cc2ncnn2CC)C1. The summed E-state index contributed by atoms with van der Waals surface area (Å²) < 4.78 is 7.01. The molecule has 1 aromatic heterocycles. The Morgan fingerprint density at radius 3 is 3.11 bits per heavy atom. The lowest BCUT2D eigenvalue weighted by molar-refractivity contribution is -0.150. The zero-order valence-electron chi connectivity index (χ0n) is 11.7. The van der Waals surface area contributed by atoms with Crippen molar-refractivity contribution < 1.29 is 9.53 Å². The van der Waals surface area contributed by atoms with Gasteiger partial charge in [0.25, 0.3) is 0 Å². The molecule has 6 heteroatoms. The maximum absolute atomic E-state index is 11.8. The first-order chi connectivity index (χ1) is 9.24. The summed E-state index contributed by atoms with van der Waals surface area (Å²) in [6.07, 6.45) is 3.55. The molecule has 1 aliphatic rings. The van der Waals surface area contributed by atoms with Crippen LogP contribution in [0.25, 0.3) is 0 Å². The third-order valence-electron chi connectivity index (χ3n) is 3.49. The van der Waals surface area contributed by atoms with Crippen molar-refractivity contribution in [2.24, 2.45) is 5.92 Å². The highest BCUT2D eigenvalue weighted by Gasteiger charge is 2.27. The molecule has 0 aliphatic carbocycles. The smallest absolute Gasteiger partial charge is 0.310 e. The number of carbonyl (C=O) groups excluding carboxylic acids is 1. The van der Waals surface area contributed by atoms with E-state index in [4.69, 9.17) is 4.74 Å². The summed E-state index contributed by atoms with van der Waals surface area (Å²) in [7, 11) is 0. The Morgan fingerprint density at radius 1 is 1.53 bits per heavy atom. The zero-order chi connectivity index (χ0) is 13.7. The molecule has 1 aliphatic heterocycles. The van der Waals surface area contributed by atoms with E-state index in [9.17, 15) is 4.79 Å². The van der Waals surface area contributed by atoms with Gasteiger partial charge in [0, 0.05) is 13.1 Å². The van der Waals surface area contributed by atoms with Crippen molar-refractivity contribution in [3.8, 4) is 0 Å². The first kappa shape index (κ1) is 14.0. The van der Waals surface area contributed by atoms with Crippen LogP contribution in [0.3, 0.4) is 0 Å². The van der Waals surface area contributed by atoms with Crippen LogP contribution in [-0.2, 0) is 22.6 Å². The molecule has 0 radical (unpaired) electrons. The van der Waals surface area contributed by atoms with E-state index in [1.165, 1.54) is 0 Å². The van der Waals surface area contributed by atoms with E-state index in [1.807, 2.05) is 11.6 Å². The van der Waals surface area contributed by atoms with Crippen LogP contribution in [0, 0.1) is 5.92 Å². The molecule has 0 spiro atoms. The molecular formula is C13H22N4O2. The second-order valence-electron chi connectivity index (χ2n) is 4.82. The summed E-state index contributed by atoms with van der Waals surface area (Å²) in [4.78, 5) is 18.3. The quantitative estimate of drug-likeness (QED) is 0.746. The third-order valence-corrected chi connectivity index (χ3v) is 3.49. The summed E-state index contributed by atoms with van der Waals surface area (Å²) in [6, 6.07) is 0. The molecular weight excluding hydrogens is 244 g/mol. The van der Waals surface area contributed by atoms with E-state index in [2.05, 4.69) is 21.9 Å². The Kier molecular flexibility index (Phi) is 4.90. The minimum absolute atomic E-state index is 0.00620. The molecule has 1 saturated heterocycles. The Balaban J connectivity index is 1.92. The van der Waals surface area contributed by atoms with Crippen LogP contribution in [0.4, 0.5) is 0 Å². The van der Waals surface area contributed by atoms with Crippen LogP contribution in [0.5, 0.6) is 0 Å². The fourth-order valence-electron chi connectivity index (χ4n) is 2.53. The number of nitrogens with zero attached hydrogens (tertiary/aromatic N) is 4. The van der Waals surface area contributed by atoms with Crippen LogP contribution < -0.4 is 0 Å². The van der Waals surface area contributed by atoms with Gasteiger partial charge in [-0.1, -0.05) is 0 Å². The van der Waals surface area contributed by atoms with Gasteiger partial charge >= 0.3 is 5.97 Å². The lowest BCUT2D eigenvalue weighted by Crippen LogP contribution is -2.39. The molecule has 1 aromatic rings. The summed E-state index contributed by atoms with van der Waals surface area (Å²) in [5.74, 6) is 0.905. The topological polar surface area (TPSA) is 60.2 Å². The molecule has 0 amide bonds. The Bertz CT molecular complexity index is 419. The molecule has 0 bridgehead atoms. The molecule has 2 rings (SSSR count). The van der Waals surface area contributed by atoms with Crippen LogP contribution in [0.2, 0.25) is 0 Å². The second-order valence-corrected chi connectivity index (χ2v) is 4.82. The molecule has 19 heavy (non-hydrogen) atoms. The average molecular weight is 266 g/mol. The van der Waals surface area contributed by atoms with Gasteiger partial charge in [0.05, 0.1) is 19.1 Å². The highest BCUT2D eigenvalue weighted by molar-refractivity contribution is 5.72. The minimum Gasteiger partial charge on any atom is -0.466 e. The van der Waals surface area contributed by atoms with Crippen molar-refractivity contribution in [1.29, 1.82) is 0 Å². The fourth-order valence-corrected chi connectivity index (χ4v) is 2.53. The predicted molar refractivity (Wildman–Crippen MR) is 70.3 cm³/mol. The number of hydrogen-bond donors (Lipinski definition) is 0. The van der Waals surface area contributed by atoms with Gasteiger partial charge < -0.3 is 4.74 Å². The number of esters is 1. The van der Waals surface area contributed by atoms with Gasteiger partial charge in [-0.3, -0.25) is 9.69 Å². The Labute approximate surface area is 113 Å². The van der Waals surface area contributed by atoms with Crippen molar-refractivity contribution in [3.05, 3.63) is 12.2 Å². The summed E-state index contributed by atoms with van der Waals surface area (Å²) in [5, 5.41) is 4.17. The maximum atomic E-state index is 11.8. The second kappa shape index (κ2) is 6.65. The molecule has 6 nitrogen and oxygen atoms in total. The number of hydrogen-bond acceptors (Lipinski definition) is 5. The van der Waals surface area contributed by atoms with Gasteiger partial charge in [-0.25, -0.2) is 9.67 Å². The Hall–Kier alpha value is -1.43. The van der Waals surface area contributed by atoms with E-state index >= 15 is 0 Å². The summed E-state index contributed by atoms with van der Waals surface area (Å²) in [6.45, 7) is 7.70. The number of ether oxygens (including phenoxy) is 1. The molecule has 1 atom stereocenters.